The molecule has 6 atom stereocenters. The summed E-state index contributed by atoms with van der Waals surface area (Å²) in [5.74, 6) is 0.578. The minimum atomic E-state index is -0.692. The Morgan fingerprint density at radius 1 is 1.16 bits per heavy atom. The highest BCUT2D eigenvalue weighted by Gasteiger charge is 2.58. The molecule has 3 heterocycles. The van der Waals surface area contributed by atoms with E-state index in [1.807, 2.05) is 0 Å². The van der Waals surface area contributed by atoms with Gasteiger partial charge in [-0.15, -0.1) is 0 Å². The van der Waals surface area contributed by atoms with E-state index in [-0.39, 0.29) is 29.3 Å². The van der Waals surface area contributed by atoms with Crippen molar-refractivity contribution >= 4 is 5.91 Å². The number of fused-ring (bicyclic) bond motifs is 4. The van der Waals surface area contributed by atoms with Gasteiger partial charge in [0.05, 0.1) is 11.8 Å². The smallest absolute Gasteiger partial charge is 0.272 e. The first-order valence-corrected chi connectivity index (χ1v) is 11.5. The number of carbonyl (C=O) groups is 1. The summed E-state index contributed by atoms with van der Waals surface area (Å²) in [7, 11) is 0. The molecule has 0 radical (unpaired) electrons. The molecule has 1 amide bonds. The van der Waals surface area contributed by atoms with Gasteiger partial charge in [0.15, 0.2) is 11.5 Å². The van der Waals surface area contributed by atoms with E-state index >= 15 is 0 Å². The molecule has 6 bridgehead atoms. The molecule has 1 aromatic carbocycles. The van der Waals surface area contributed by atoms with Gasteiger partial charge in [-0.1, -0.05) is 0 Å². The molecule has 2 aliphatic heterocycles. The first-order chi connectivity index (χ1) is 15.0. The molecule has 2 aromatic rings. The zero-order valence-electron chi connectivity index (χ0n) is 17.2. The van der Waals surface area contributed by atoms with Crippen LogP contribution in [-0.4, -0.2) is 27.3 Å². The van der Waals surface area contributed by atoms with E-state index in [1.165, 1.54) is 36.1 Å². The number of hydrogen-bond acceptors (Lipinski definition) is 3. The highest BCUT2D eigenvalue weighted by molar-refractivity contribution is 5.95. The molecular formula is C24H25F2N3O2. The van der Waals surface area contributed by atoms with Crippen LogP contribution in [0.15, 0.2) is 18.2 Å². The fourth-order valence-electron chi connectivity index (χ4n) is 7.58. The number of amides is 1. The predicted octanol–water partition coefficient (Wildman–Crippen LogP) is 4.24. The Labute approximate surface area is 179 Å². The van der Waals surface area contributed by atoms with Gasteiger partial charge in [0.1, 0.15) is 17.6 Å². The van der Waals surface area contributed by atoms with Gasteiger partial charge in [0, 0.05) is 23.6 Å². The minimum absolute atomic E-state index is 0.0799. The largest absolute Gasteiger partial charge is 0.368 e. The summed E-state index contributed by atoms with van der Waals surface area (Å²) in [5, 5.41) is 8.03. The second-order valence-electron chi connectivity index (χ2n) is 10.4. The van der Waals surface area contributed by atoms with Gasteiger partial charge in [-0.25, -0.2) is 13.5 Å². The van der Waals surface area contributed by atoms with Crippen LogP contribution < -0.4 is 5.32 Å². The van der Waals surface area contributed by atoms with Crippen molar-refractivity contribution in [3.8, 4) is 5.69 Å². The van der Waals surface area contributed by atoms with Crippen LogP contribution in [0, 0.1) is 29.4 Å². The van der Waals surface area contributed by atoms with Crippen LogP contribution in [0.4, 0.5) is 8.78 Å². The fraction of sp³-hybridized carbons (Fsp3) is 0.583. The molecule has 5 nitrogen and oxygen atoms in total. The van der Waals surface area contributed by atoms with Crippen molar-refractivity contribution < 1.29 is 18.3 Å². The molecule has 31 heavy (non-hydrogen) atoms. The maximum Gasteiger partial charge on any atom is 0.272 e. The maximum atomic E-state index is 14.7. The third-order valence-corrected chi connectivity index (χ3v) is 8.57. The molecule has 4 aliphatic carbocycles. The van der Waals surface area contributed by atoms with Gasteiger partial charge in [-0.3, -0.25) is 4.79 Å². The zero-order chi connectivity index (χ0) is 20.9. The number of nitrogens with one attached hydrogen (secondary N) is 1. The van der Waals surface area contributed by atoms with Crippen LogP contribution in [0.5, 0.6) is 0 Å². The molecule has 4 saturated carbocycles. The summed E-state index contributed by atoms with van der Waals surface area (Å²) in [4.78, 5) is 13.6. The Bertz CT molecular complexity index is 1100. The normalized spacial score (nSPS) is 36.8. The number of ether oxygens (including phenoxy) is 1. The molecular weight excluding hydrogens is 400 g/mol. The third kappa shape index (κ3) is 2.55. The lowest BCUT2D eigenvalue weighted by atomic mass is 9.80. The van der Waals surface area contributed by atoms with E-state index in [0.29, 0.717) is 18.0 Å². The average molecular weight is 425 g/mol. The van der Waals surface area contributed by atoms with E-state index in [1.54, 1.807) is 0 Å². The van der Waals surface area contributed by atoms with E-state index in [2.05, 4.69) is 10.4 Å². The number of carbonyl (C=O) groups excluding carboxylic acids is 1. The number of rotatable bonds is 3. The van der Waals surface area contributed by atoms with E-state index in [4.69, 9.17) is 4.74 Å². The number of halogens is 2. The van der Waals surface area contributed by atoms with Gasteiger partial charge >= 0.3 is 0 Å². The minimum Gasteiger partial charge on any atom is -0.368 e. The number of nitrogens with zero attached hydrogens (tertiary/aromatic N) is 2. The van der Waals surface area contributed by atoms with Crippen molar-refractivity contribution in [1.29, 1.82) is 0 Å². The third-order valence-electron chi connectivity index (χ3n) is 8.57. The lowest BCUT2D eigenvalue weighted by Crippen LogP contribution is -2.49. The van der Waals surface area contributed by atoms with Gasteiger partial charge in [0.25, 0.3) is 5.91 Å². The molecule has 4 unspecified atom stereocenters. The van der Waals surface area contributed by atoms with Crippen LogP contribution in [0.3, 0.4) is 0 Å². The van der Waals surface area contributed by atoms with Crippen LogP contribution >= 0.6 is 0 Å². The van der Waals surface area contributed by atoms with Crippen molar-refractivity contribution in [2.45, 2.75) is 69.1 Å². The van der Waals surface area contributed by atoms with Crippen molar-refractivity contribution in [2.24, 2.45) is 17.8 Å². The molecule has 5 fully saturated rings. The summed E-state index contributed by atoms with van der Waals surface area (Å²) in [6, 6.07) is 3.47. The molecule has 162 valence electrons. The monoisotopic (exact) mass is 425 g/mol. The number of aromatic nitrogens is 2. The summed E-state index contributed by atoms with van der Waals surface area (Å²) < 4.78 is 35.7. The van der Waals surface area contributed by atoms with Crippen LogP contribution in [0.25, 0.3) is 5.69 Å². The molecule has 0 spiro atoms. The summed E-state index contributed by atoms with van der Waals surface area (Å²) >= 11 is 0. The molecule has 1 N–H and O–H groups in total. The standard InChI is InChI=1S/C24H25F2N3O2/c25-15-1-3-19(18(26)8-15)29-22-17(9-16-2-4-20(22)31-16)21(28-29)23(30)27-24-10-12-5-13(11-24)7-14(24)6-12/h1,3,8,12-14,16,20H,2,4-7,9-11H2,(H,27,30)/t12-,13+,14?,16?,20?,24?. The Hall–Kier alpha value is -2.28. The van der Waals surface area contributed by atoms with Crippen LogP contribution in [0.1, 0.15) is 72.8 Å². The Morgan fingerprint density at radius 3 is 2.74 bits per heavy atom. The van der Waals surface area contributed by atoms with E-state index < -0.39 is 11.6 Å². The summed E-state index contributed by atoms with van der Waals surface area (Å²) in [5.41, 5.74) is 2.07. The van der Waals surface area contributed by atoms with Crippen LogP contribution in [0.2, 0.25) is 0 Å². The summed E-state index contributed by atoms with van der Waals surface area (Å²) in [6.07, 6.45) is 8.13. The van der Waals surface area contributed by atoms with Gasteiger partial charge in [-0.2, -0.15) is 5.10 Å². The topological polar surface area (TPSA) is 56.2 Å². The predicted molar refractivity (Wildman–Crippen MR) is 108 cm³/mol. The van der Waals surface area contributed by atoms with Crippen LogP contribution in [-0.2, 0) is 11.2 Å². The molecule has 7 heteroatoms. The highest BCUT2D eigenvalue weighted by Crippen LogP contribution is 2.60. The van der Waals surface area contributed by atoms with Crippen molar-refractivity contribution in [1.82, 2.24) is 15.1 Å². The summed E-state index contributed by atoms with van der Waals surface area (Å²) in [6.45, 7) is 0. The van der Waals surface area contributed by atoms with Gasteiger partial charge in [0.2, 0.25) is 0 Å². The lowest BCUT2D eigenvalue weighted by Gasteiger charge is -2.33. The Kier molecular flexibility index (Phi) is 3.63. The van der Waals surface area contributed by atoms with Gasteiger partial charge in [-0.05, 0) is 74.8 Å². The van der Waals surface area contributed by atoms with E-state index in [0.717, 1.165) is 54.8 Å². The second kappa shape index (κ2) is 6.15. The zero-order valence-corrected chi connectivity index (χ0v) is 17.2. The fourth-order valence-corrected chi connectivity index (χ4v) is 7.58. The van der Waals surface area contributed by atoms with Crippen molar-refractivity contribution in [3.63, 3.8) is 0 Å². The highest BCUT2D eigenvalue weighted by atomic mass is 19.1. The number of benzene rings is 1. The lowest BCUT2D eigenvalue weighted by molar-refractivity contribution is 0.0285. The molecule has 1 aromatic heterocycles. The first kappa shape index (κ1) is 18.3. The second-order valence-corrected chi connectivity index (χ2v) is 10.4. The molecule has 1 saturated heterocycles. The van der Waals surface area contributed by atoms with E-state index in [9.17, 15) is 13.6 Å². The first-order valence-electron chi connectivity index (χ1n) is 11.5. The molecule has 6 aliphatic rings. The van der Waals surface area contributed by atoms with Gasteiger partial charge < -0.3 is 10.1 Å². The SMILES string of the molecule is O=C(NC12C[C@@H]3CC1C[C@@H](C3)C2)c1nn(-c2ccc(F)cc2F)c2c1CC1CCC2O1. The maximum absolute atomic E-state index is 14.7. The average Bonchev–Trinajstić information content (AvgIpc) is 3.41. The molecule has 8 rings (SSSR count). The number of hydrogen-bond donors (Lipinski definition) is 1. The quantitative estimate of drug-likeness (QED) is 0.801. The Morgan fingerprint density at radius 2 is 1.97 bits per heavy atom. The van der Waals surface area contributed by atoms with Crippen molar-refractivity contribution in [2.75, 3.05) is 0 Å². The van der Waals surface area contributed by atoms with Crippen molar-refractivity contribution in [3.05, 3.63) is 46.8 Å². The Balaban J connectivity index is 1.31.